The third-order valence-corrected chi connectivity index (χ3v) is 5.66. The lowest BCUT2D eigenvalue weighted by molar-refractivity contribution is 0.125. The molecule has 0 aliphatic carbocycles. The van der Waals surface area contributed by atoms with Crippen molar-refractivity contribution in [1.29, 1.82) is 0 Å². The van der Waals surface area contributed by atoms with E-state index in [0.717, 1.165) is 50.8 Å². The fraction of sp³-hybridized carbons (Fsp3) is 0.208. The minimum absolute atomic E-state index is 0.148. The molecule has 4 aromatic heterocycles. The molecule has 0 aliphatic heterocycles. The highest BCUT2D eigenvalue weighted by Crippen LogP contribution is 2.29. The van der Waals surface area contributed by atoms with Crippen LogP contribution in [0, 0.1) is 13.8 Å². The Kier molecular flexibility index (Phi) is 5.21. The van der Waals surface area contributed by atoms with Gasteiger partial charge >= 0.3 is 0 Å². The molecule has 33 heavy (non-hydrogen) atoms. The molecule has 0 unspecified atom stereocenters. The maximum atomic E-state index is 5.55. The van der Waals surface area contributed by atoms with Gasteiger partial charge in [-0.15, -0.1) is 5.10 Å². The van der Waals surface area contributed by atoms with Crippen molar-refractivity contribution in [3.05, 3.63) is 77.6 Å². The number of ether oxygens (including phenoxy) is 1. The van der Waals surface area contributed by atoms with Crippen LogP contribution in [0.1, 0.15) is 29.6 Å². The van der Waals surface area contributed by atoms with Gasteiger partial charge in [0.05, 0.1) is 18.2 Å². The van der Waals surface area contributed by atoms with Gasteiger partial charge in [0.15, 0.2) is 23.7 Å². The summed E-state index contributed by atoms with van der Waals surface area (Å²) in [6.45, 7) is 6.15. The van der Waals surface area contributed by atoms with Crippen LogP contribution in [-0.2, 0) is 11.4 Å². The van der Waals surface area contributed by atoms with Crippen molar-refractivity contribution in [3.8, 4) is 11.6 Å². The first-order valence-corrected chi connectivity index (χ1v) is 10.5. The molecular weight excluding hydrogens is 418 g/mol. The van der Waals surface area contributed by atoms with Crippen molar-refractivity contribution in [2.45, 2.75) is 27.4 Å². The molecule has 5 aromatic rings. The van der Waals surface area contributed by atoms with Crippen LogP contribution in [0.2, 0.25) is 0 Å². The Bertz CT molecular complexity index is 1470. The fourth-order valence-corrected chi connectivity index (χ4v) is 3.80. The lowest BCUT2D eigenvalue weighted by Crippen LogP contribution is -2.01. The Morgan fingerprint density at radius 2 is 1.85 bits per heavy atom. The van der Waals surface area contributed by atoms with Gasteiger partial charge in [0.1, 0.15) is 17.9 Å². The molecule has 0 bridgehead atoms. The van der Waals surface area contributed by atoms with Crippen LogP contribution in [0.3, 0.4) is 0 Å². The molecule has 1 aromatic carbocycles. The molecule has 0 aliphatic rings. The predicted octanol–water partition coefficient (Wildman–Crippen LogP) is 4.03. The molecule has 4 heterocycles. The number of aryl methyl sites for hydroxylation is 1. The zero-order valence-electron chi connectivity index (χ0n) is 18.9. The molecule has 0 fully saturated rings. The molecule has 9 heteroatoms. The standard InChI is InChI=1S/C24H23N7O2/c1-15-17(3)31(21-7-5-6-12-25-21)23-22(15)24-27-20(28-30(24)14-26-23)13-33-29-16(2)18-8-10-19(32-4)11-9-18/h5-12,14H,13H2,1-4H3. The highest BCUT2D eigenvalue weighted by atomic mass is 16.6. The van der Waals surface area contributed by atoms with E-state index in [1.165, 1.54) is 0 Å². The quantitative estimate of drug-likeness (QED) is 0.292. The molecule has 0 N–H and O–H groups in total. The van der Waals surface area contributed by atoms with E-state index in [4.69, 9.17) is 14.6 Å². The number of hydrogen-bond acceptors (Lipinski definition) is 7. The molecule has 166 valence electrons. The van der Waals surface area contributed by atoms with Gasteiger partial charge < -0.3 is 9.57 Å². The van der Waals surface area contributed by atoms with Crippen molar-refractivity contribution in [2.75, 3.05) is 7.11 Å². The molecule has 0 saturated carbocycles. The van der Waals surface area contributed by atoms with E-state index in [1.807, 2.05) is 54.0 Å². The van der Waals surface area contributed by atoms with Gasteiger partial charge in [0, 0.05) is 11.9 Å². The van der Waals surface area contributed by atoms with Gasteiger partial charge in [-0.05, 0) is 68.3 Å². The summed E-state index contributed by atoms with van der Waals surface area (Å²) in [5, 5.41) is 9.67. The molecule has 0 amide bonds. The molecule has 0 spiro atoms. The summed E-state index contributed by atoms with van der Waals surface area (Å²) in [5.74, 6) is 2.14. The average molecular weight is 441 g/mol. The molecule has 0 saturated heterocycles. The van der Waals surface area contributed by atoms with Gasteiger partial charge in [0.2, 0.25) is 0 Å². The number of fused-ring (bicyclic) bond motifs is 3. The first-order chi connectivity index (χ1) is 16.1. The minimum Gasteiger partial charge on any atom is -0.497 e. The first-order valence-electron chi connectivity index (χ1n) is 10.5. The molecule has 0 radical (unpaired) electrons. The van der Waals surface area contributed by atoms with Crippen molar-refractivity contribution in [2.24, 2.45) is 5.16 Å². The first kappa shape index (κ1) is 20.6. The summed E-state index contributed by atoms with van der Waals surface area (Å²) in [6.07, 6.45) is 3.44. The van der Waals surface area contributed by atoms with Crippen LogP contribution >= 0.6 is 0 Å². The van der Waals surface area contributed by atoms with Gasteiger partial charge in [-0.1, -0.05) is 11.2 Å². The number of benzene rings is 1. The Hall–Kier alpha value is -4.27. The second kappa shape index (κ2) is 8.34. The Balaban J connectivity index is 1.44. The number of oxime groups is 1. The zero-order valence-corrected chi connectivity index (χ0v) is 18.9. The maximum absolute atomic E-state index is 5.55. The van der Waals surface area contributed by atoms with Gasteiger partial charge in [-0.25, -0.2) is 19.5 Å². The summed E-state index contributed by atoms with van der Waals surface area (Å²) < 4.78 is 8.91. The van der Waals surface area contributed by atoms with Gasteiger partial charge in [-0.3, -0.25) is 4.57 Å². The van der Waals surface area contributed by atoms with E-state index in [-0.39, 0.29) is 6.61 Å². The van der Waals surface area contributed by atoms with Crippen LogP contribution in [0.5, 0.6) is 5.75 Å². The Morgan fingerprint density at radius 3 is 2.58 bits per heavy atom. The number of nitrogens with zero attached hydrogens (tertiary/aromatic N) is 7. The lowest BCUT2D eigenvalue weighted by atomic mass is 10.1. The summed E-state index contributed by atoms with van der Waals surface area (Å²) in [7, 11) is 1.64. The smallest absolute Gasteiger partial charge is 0.192 e. The summed E-state index contributed by atoms with van der Waals surface area (Å²) in [4.78, 5) is 19.4. The monoisotopic (exact) mass is 441 g/mol. The molecule has 9 nitrogen and oxygen atoms in total. The second-order valence-corrected chi connectivity index (χ2v) is 7.65. The SMILES string of the molecule is COc1ccc(C(C)=NOCc2nc3c4c(C)c(C)n(-c5ccccn5)c4ncn3n2)cc1. The van der Waals surface area contributed by atoms with E-state index in [9.17, 15) is 0 Å². The second-order valence-electron chi connectivity index (χ2n) is 7.65. The van der Waals surface area contributed by atoms with Gasteiger partial charge in [0.25, 0.3) is 0 Å². The van der Waals surface area contributed by atoms with E-state index in [2.05, 4.69) is 34.1 Å². The third-order valence-electron chi connectivity index (χ3n) is 5.66. The molecular formula is C24H23N7O2. The lowest BCUT2D eigenvalue weighted by Gasteiger charge is -2.05. The summed E-state index contributed by atoms with van der Waals surface area (Å²) in [5.41, 5.74) is 5.37. The van der Waals surface area contributed by atoms with Crippen LogP contribution in [0.15, 0.2) is 60.1 Å². The van der Waals surface area contributed by atoms with Crippen molar-refractivity contribution in [1.82, 2.24) is 29.1 Å². The third kappa shape index (κ3) is 3.67. The minimum atomic E-state index is 0.148. The predicted molar refractivity (Wildman–Crippen MR) is 125 cm³/mol. The number of hydrogen-bond donors (Lipinski definition) is 0. The normalized spacial score (nSPS) is 11.9. The van der Waals surface area contributed by atoms with E-state index < -0.39 is 0 Å². The topological polar surface area (TPSA) is 91.7 Å². The fourth-order valence-electron chi connectivity index (χ4n) is 3.80. The number of methoxy groups -OCH3 is 1. The molecule has 0 atom stereocenters. The van der Waals surface area contributed by atoms with Crippen molar-refractivity contribution >= 4 is 22.4 Å². The zero-order chi connectivity index (χ0) is 22.9. The van der Waals surface area contributed by atoms with E-state index in [0.29, 0.717) is 5.82 Å². The number of aromatic nitrogens is 6. The average Bonchev–Trinajstić information content (AvgIpc) is 3.37. The van der Waals surface area contributed by atoms with Crippen molar-refractivity contribution in [3.63, 3.8) is 0 Å². The number of rotatable bonds is 6. The van der Waals surface area contributed by atoms with E-state index >= 15 is 0 Å². The van der Waals surface area contributed by atoms with Crippen LogP contribution in [-0.4, -0.2) is 42.0 Å². The Labute approximate surface area is 190 Å². The maximum Gasteiger partial charge on any atom is 0.192 e. The summed E-state index contributed by atoms with van der Waals surface area (Å²) in [6, 6.07) is 13.5. The Morgan fingerprint density at radius 1 is 1.03 bits per heavy atom. The van der Waals surface area contributed by atoms with Crippen molar-refractivity contribution < 1.29 is 9.57 Å². The highest BCUT2D eigenvalue weighted by Gasteiger charge is 2.19. The van der Waals surface area contributed by atoms with E-state index in [1.54, 1.807) is 24.1 Å². The number of pyridine rings is 1. The van der Waals surface area contributed by atoms with Crippen LogP contribution in [0.4, 0.5) is 0 Å². The largest absolute Gasteiger partial charge is 0.497 e. The summed E-state index contributed by atoms with van der Waals surface area (Å²) >= 11 is 0. The van der Waals surface area contributed by atoms with Gasteiger partial charge in [-0.2, -0.15) is 0 Å². The highest BCUT2D eigenvalue weighted by molar-refractivity contribution is 5.98. The van der Waals surface area contributed by atoms with Crippen LogP contribution in [0.25, 0.3) is 22.5 Å². The molecule has 5 rings (SSSR count). The van der Waals surface area contributed by atoms with Crippen LogP contribution < -0.4 is 4.74 Å².